The molecule has 0 aliphatic heterocycles. The molecule has 1 heterocycles. The van der Waals surface area contributed by atoms with E-state index in [0.29, 0.717) is 18.7 Å². The number of rotatable bonds is 4. The lowest BCUT2D eigenvalue weighted by molar-refractivity contribution is -0.133. The monoisotopic (exact) mass is 234 g/mol. The number of hydrogen-bond donors (Lipinski definition) is 1. The summed E-state index contributed by atoms with van der Waals surface area (Å²) in [6.07, 6.45) is 5.39. The molecule has 0 aromatic carbocycles. The Bertz CT molecular complexity index is 526. The van der Waals surface area contributed by atoms with E-state index in [-0.39, 0.29) is 5.97 Å². The van der Waals surface area contributed by atoms with Crippen molar-refractivity contribution < 1.29 is 9.53 Å². The molecule has 1 aromatic heterocycles. The minimum atomic E-state index is -0.370. The largest absolute Gasteiger partial charge is 0.465 e. The van der Waals surface area contributed by atoms with E-state index >= 15 is 0 Å². The fourth-order valence-corrected chi connectivity index (χ4v) is 1.69. The predicted molar refractivity (Wildman–Crippen MR) is 68.5 cm³/mol. The van der Waals surface area contributed by atoms with Gasteiger partial charge >= 0.3 is 5.97 Å². The molecular formula is C13H18N2O2. The van der Waals surface area contributed by atoms with Crippen molar-refractivity contribution in [3.05, 3.63) is 35.0 Å². The van der Waals surface area contributed by atoms with Crippen LogP contribution in [0.2, 0.25) is 0 Å². The molecule has 0 amide bonds. The van der Waals surface area contributed by atoms with E-state index in [2.05, 4.69) is 6.58 Å². The molecule has 0 aliphatic carbocycles. The lowest BCUT2D eigenvalue weighted by Crippen LogP contribution is -2.34. The summed E-state index contributed by atoms with van der Waals surface area (Å²) in [6.45, 7) is 6.92. The molecule has 0 unspecified atom stereocenters. The van der Waals surface area contributed by atoms with Gasteiger partial charge in [-0.25, -0.2) is 4.79 Å². The molecule has 2 N–H and O–H groups in total. The first-order valence-corrected chi connectivity index (χ1v) is 5.45. The third kappa shape index (κ3) is 2.85. The van der Waals surface area contributed by atoms with Crippen LogP contribution in [-0.2, 0) is 16.1 Å². The molecule has 0 saturated carbocycles. The molecule has 0 fully saturated rings. The Kier molecular flexibility index (Phi) is 4.72. The number of esters is 1. The summed E-state index contributed by atoms with van der Waals surface area (Å²) in [5.41, 5.74) is 6.04. The first kappa shape index (κ1) is 13.3. The zero-order valence-electron chi connectivity index (χ0n) is 10.3. The summed E-state index contributed by atoms with van der Waals surface area (Å²) >= 11 is 0. The van der Waals surface area contributed by atoms with Gasteiger partial charge in [0.25, 0.3) is 0 Å². The fraction of sp³-hybridized carbons (Fsp3) is 0.308. The second-order valence-corrected chi connectivity index (χ2v) is 3.58. The van der Waals surface area contributed by atoms with E-state index in [1.807, 2.05) is 23.8 Å². The summed E-state index contributed by atoms with van der Waals surface area (Å²) < 4.78 is 6.69. The van der Waals surface area contributed by atoms with Crippen molar-refractivity contribution in [1.29, 1.82) is 0 Å². The molecule has 1 rings (SSSR count). The average Bonchev–Trinajstić information content (AvgIpc) is 2.67. The molecule has 1 aromatic rings. The summed E-state index contributed by atoms with van der Waals surface area (Å²) in [7, 11) is 1.37. The van der Waals surface area contributed by atoms with Crippen molar-refractivity contribution >= 4 is 18.1 Å². The van der Waals surface area contributed by atoms with Crippen LogP contribution in [0.15, 0.2) is 24.4 Å². The first-order chi connectivity index (χ1) is 8.15. The van der Waals surface area contributed by atoms with E-state index in [1.165, 1.54) is 7.11 Å². The van der Waals surface area contributed by atoms with Crippen LogP contribution in [-0.4, -0.2) is 24.2 Å². The topological polar surface area (TPSA) is 57.2 Å². The number of allylic oxidation sites excluding steroid dienone is 1. The van der Waals surface area contributed by atoms with E-state index in [4.69, 9.17) is 10.5 Å². The molecule has 92 valence electrons. The Morgan fingerprint density at radius 1 is 1.65 bits per heavy atom. The Balaban J connectivity index is 3.56. The molecular weight excluding hydrogens is 216 g/mol. The lowest BCUT2D eigenvalue weighted by atomic mass is 10.2. The highest BCUT2D eigenvalue weighted by molar-refractivity contribution is 6.13. The number of aromatic nitrogens is 1. The van der Waals surface area contributed by atoms with Crippen LogP contribution in [0.5, 0.6) is 0 Å². The van der Waals surface area contributed by atoms with Crippen LogP contribution < -0.4 is 16.3 Å². The fourth-order valence-electron chi connectivity index (χ4n) is 1.69. The summed E-state index contributed by atoms with van der Waals surface area (Å²) in [5.74, 6) is -0.370. The Morgan fingerprint density at radius 3 is 2.88 bits per heavy atom. The SMILES string of the molecule is C=c1ccn(CCN)/c1=C(/C=C\C)C(=O)OC. The Labute approximate surface area is 101 Å². The third-order valence-electron chi connectivity index (χ3n) is 2.41. The second kappa shape index (κ2) is 6.06. The Morgan fingerprint density at radius 2 is 2.35 bits per heavy atom. The molecule has 0 bridgehead atoms. The van der Waals surface area contributed by atoms with Crippen LogP contribution in [0, 0.1) is 0 Å². The normalized spacial score (nSPS) is 12.9. The zero-order chi connectivity index (χ0) is 12.8. The van der Waals surface area contributed by atoms with Crippen molar-refractivity contribution in [3.8, 4) is 0 Å². The number of carbonyl (C=O) groups is 1. The number of nitrogens with zero attached hydrogens (tertiary/aromatic N) is 1. The molecule has 0 spiro atoms. The summed E-state index contributed by atoms with van der Waals surface area (Å²) in [5, 5.41) is 1.55. The van der Waals surface area contributed by atoms with Crippen molar-refractivity contribution in [2.45, 2.75) is 13.5 Å². The van der Waals surface area contributed by atoms with Crippen molar-refractivity contribution in [2.75, 3.05) is 13.7 Å². The number of hydrogen-bond acceptors (Lipinski definition) is 3. The van der Waals surface area contributed by atoms with Gasteiger partial charge in [-0.3, -0.25) is 0 Å². The molecule has 17 heavy (non-hydrogen) atoms. The van der Waals surface area contributed by atoms with Gasteiger partial charge < -0.3 is 15.0 Å². The molecule has 0 atom stereocenters. The summed E-state index contributed by atoms with van der Waals surface area (Å²) in [4.78, 5) is 11.7. The maximum Gasteiger partial charge on any atom is 0.339 e. The van der Waals surface area contributed by atoms with E-state index in [0.717, 1.165) is 10.6 Å². The number of nitrogens with two attached hydrogens (primary N) is 1. The van der Waals surface area contributed by atoms with Gasteiger partial charge in [0.15, 0.2) is 0 Å². The van der Waals surface area contributed by atoms with Crippen molar-refractivity contribution in [2.24, 2.45) is 5.73 Å². The third-order valence-corrected chi connectivity index (χ3v) is 2.41. The molecule has 4 nitrogen and oxygen atoms in total. The van der Waals surface area contributed by atoms with Gasteiger partial charge in [0.1, 0.15) is 0 Å². The minimum absolute atomic E-state index is 0.370. The first-order valence-electron chi connectivity index (χ1n) is 5.45. The molecule has 0 aliphatic rings. The van der Waals surface area contributed by atoms with Gasteiger partial charge in [-0.15, -0.1) is 0 Å². The highest BCUT2D eigenvalue weighted by Gasteiger charge is 2.10. The van der Waals surface area contributed by atoms with Crippen LogP contribution in [0.3, 0.4) is 0 Å². The molecule has 0 saturated heterocycles. The molecule has 0 radical (unpaired) electrons. The van der Waals surface area contributed by atoms with Gasteiger partial charge in [0, 0.05) is 19.3 Å². The van der Waals surface area contributed by atoms with Gasteiger partial charge in [0.2, 0.25) is 0 Å². The smallest absolute Gasteiger partial charge is 0.339 e. The van der Waals surface area contributed by atoms with E-state index in [9.17, 15) is 4.79 Å². The minimum Gasteiger partial charge on any atom is -0.465 e. The van der Waals surface area contributed by atoms with Crippen LogP contribution in [0.4, 0.5) is 0 Å². The quantitative estimate of drug-likeness (QED) is 0.731. The highest BCUT2D eigenvalue weighted by atomic mass is 16.5. The van der Waals surface area contributed by atoms with E-state index < -0.39 is 0 Å². The lowest BCUT2D eigenvalue weighted by Gasteiger charge is -2.04. The Hall–Kier alpha value is -1.81. The number of methoxy groups -OCH3 is 1. The molecule has 4 heteroatoms. The number of carbonyl (C=O) groups excluding carboxylic acids is 1. The van der Waals surface area contributed by atoms with Crippen LogP contribution in [0.1, 0.15) is 6.92 Å². The number of ether oxygens (including phenoxy) is 1. The standard InChI is InChI=1S/C13H18N2O2/c1-4-5-11(13(16)17-3)12-10(2)6-8-15(12)9-7-14/h4-6,8H,2,7,9,14H2,1,3H3/b5-4-,12-11-. The summed E-state index contributed by atoms with van der Waals surface area (Å²) in [6, 6.07) is 1.86. The van der Waals surface area contributed by atoms with Gasteiger partial charge in [-0.05, 0) is 24.3 Å². The van der Waals surface area contributed by atoms with Crippen LogP contribution in [0.25, 0.3) is 12.2 Å². The van der Waals surface area contributed by atoms with E-state index in [1.54, 1.807) is 12.2 Å². The van der Waals surface area contributed by atoms with Gasteiger partial charge in [-0.1, -0.05) is 12.7 Å². The highest BCUT2D eigenvalue weighted by Crippen LogP contribution is 1.98. The van der Waals surface area contributed by atoms with Gasteiger partial charge in [-0.2, -0.15) is 0 Å². The second-order valence-electron chi connectivity index (χ2n) is 3.58. The van der Waals surface area contributed by atoms with Crippen molar-refractivity contribution in [3.63, 3.8) is 0 Å². The van der Waals surface area contributed by atoms with Crippen molar-refractivity contribution in [1.82, 2.24) is 4.57 Å². The average molecular weight is 234 g/mol. The van der Waals surface area contributed by atoms with Crippen LogP contribution >= 0.6 is 0 Å². The maximum atomic E-state index is 11.7. The zero-order valence-corrected chi connectivity index (χ0v) is 10.3. The maximum absolute atomic E-state index is 11.7. The predicted octanol–water partition coefficient (Wildman–Crippen LogP) is -0.243. The van der Waals surface area contributed by atoms with Gasteiger partial charge in [0.05, 0.1) is 18.0 Å².